The van der Waals surface area contributed by atoms with Crippen LogP contribution in [0.2, 0.25) is 0 Å². The lowest BCUT2D eigenvalue weighted by molar-refractivity contribution is -0.0319. The Morgan fingerprint density at radius 3 is 1.84 bits per heavy atom. The quantitative estimate of drug-likeness (QED) is 0.707. The fraction of sp³-hybridized carbons (Fsp3) is 0. The van der Waals surface area contributed by atoms with Gasteiger partial charge in [0.15, 0.2) is 5.76 Å². The van der Waals surface area contributed by atoms with Crippen molar-refractivity contribution in [2.75, 3.05) is 0 Å². The lowest BCUT2D eigenvalue weighted by Gasteiger charge is -2.15. The first kappa shape index (κ1) is 12.7. The van der Waals surface area contributed by atoms with Gasteiger partial charge in [-0.25, -0.2) is 0 Å². The molecule has 1 aliphatic rings. The Hall–Kier alpha value is -1.30. The minimum atomic E-state index is 0.792. The van der Waals surface area contributed by atoms with Crippen molar-refractivity contribution in [1.29, 1.82) is 0 Å². The van der Waals surface area contributed by atoms with Gasteiger partial charge in [0, 0.05) is 15.3 Å². The van der Waals surface area contributed by atoms with E-state index in [2.05, 4.69) is 32.3 Å². The van der Waals surface area contributed by atoms with Crippen molar-refractivity contribution in [3.05, 3.63) is 71.8 Å². The van der Waals surface area contributed by atoms with Crippen LogP contribution in [0.25, 0.3) is 11.5 Å². The lowest BCUT2D eigenvalue weighted by atomic mass is 10.1. The zero-order valence-corrected chi connectivity index (χ0v) is 13.0. The molecule has 19 heavy (non-hydrogen) atoms. The van der Waals surface area contributed by atoms with Crippen LogP contribution in [0.5, 0.6) is 0 Å². The van der Waals surface area contributed by atoms with Crippen LogP contribution < -0.4 is 0 Å². The van der Waals surface area contributed by atoms with Gasteiger partial charge in [-0.3, -0.25) is 0 Å². The standard InChI is InChI=1S/C14H10Br2N2O/c15-17-13(11-7-3-1-4-8-11)14(19-18(17)16)12-9-5-2-6-10-12/h1-10H. The molecule has 0 saturated heterocycles. The maximum absolute atomic E-state index is 5.74. The molecule has 2 aromatic rings. The van der Waals surface area contributed by atoms with Gasteiger partial charge in [-0.1, -0.05) is 60.7 Å². The van der Waals surface area contributed by atoms with Crippen molar-refractivity contribution < 1.29 is 4.84 Å². The molecule has 0 fully saturated rings. The lowest BCUT2D eigenvalue weighted by Crippen LogP contribution is -2.17. The molecule has 5 heteroatoms. The van der Waals surface area contributed by atoms with Gasteiger partial charge < -0.3 is 4.84 Å². The number of hydrazine groups is 1. The largest absolute Gasteiger partial charge is 0.371 e. The summed E-state index contributed by atoms with van der Waals surface area (Å²) in [6.07, 6.45) is 0. The highest BCUT2D eigenvalue weighted by Crippen LogP contribution is 2.41. The zero-order chi connectivity index (χ0) is 13.2. The Morgan fingerprint density at radius 2 is 1.26 bits per heavy atom. The summed E-state index contributed by atoms with van der Waals surface area (Å²) in [5.74, 6) is 0.792. The molecule has 0 bridgehead atoms. The van der Waals surface area contributed by atoms with E-state index in [1.807, 2.05) is 60.7 Å². The molecule has 96 valence electrons. The summed E-state index contributed by atoms with van der Waals surface area (Å²) in [5.41, 5.74) is 3.04. The van der Waals surface area contributed by atoms with E-state index < -0.39 is 0 Å². The monoisotopic (exact) mass is 380 g/mol. The van der Waals surface area contributed by atoms with Gasteiger partial charge in [-0.15, -0.1) is 0 Å². The molecule has 1 heterocycles. The molecule has 0 aliphatic carbocycles. The van der Waals surface area contributed by atoms with Crippen LogP contribution >= 0.6 is 32.3 Å². The molecule has 0 unspecified atom stereocenters. The number of hydrogen-bond acceptors (Lipinski definition) is 3. The van der Waals surface area contributed by atoms with Crippen molar-refractivity contribution in [3.8, 4) is 0 Å². The normalized spacial score (nSPS) is 15.8. The fourth-order valence-corrected chi connectivity index (χ4v) is 2.66. The summed E-state index contributed by atoms with van der Waals surface area (Å²) in [5, 5.41) is 0. The van der Waals surface area contributed by atoms with Crippen LogP contribution in [-0.4, -0.2) is 8.23 Å². The second-order valence-electron chi connectivity index (χ2n) is 3.99. The van der Waals surface area contributed by atoms with E-state index in [-0.39, 0.29) is 0 Å². The van der Waals surface area contributed by atoms with Crippen LogP contribution in [-0.2, 0) is 4.84 Å². The summed E-state index contributed by atoms with van der Waals surface area (Å²) < 4.78 is 3.21. The van der Waals surface area contributed by atoms with Crippen LogP contribution in [0.4, 0.5) is 0 Å². The Bertz CT molecular complexity index is 601. The Labute approximate surface area is 128 Å². The molecule has 3 nitrogen and oxygen atoms in total. The molecule has 0 saturated carbocycles. The third kappa shape index (κ3) is 2.41. The summed E-state index contributed by atoms with van der Waals surface area (Å²) in [4.78, 5) is 5.74. The van der Waals surface area contributed by atoms with Crippen molar-refractivity contribution in [3.63, 3.8) is 0 Å². The zero-order valence-electron chi connectivity index (χ0n) is 9.83. The highest BCUT2D eigenvalue weighted by Gasteiger charge is 2.31. The van der Waals surface area contributed by atoms with E-state index in [9.17, 15) is 0 Å². The molecular weight excluding hydrogens is 372 g/mol. The van der Waals surface area contributed by atoms with Gasteiger partial charge >= 0.3 is 0 Å². The van der Waals surface area contributed by atoms with Crippen molar-refractivity contribution in [2.45, 2.75) is 0 Å². The second kappa shape index (κ2) is 5.36. The van der Waals surface area contributed by atoms with Crippen molar-refractivity contribution >= 4 is 43.8 Å². The Balaban J connectivity index is 2.14. The molecule has 3 rings (SSSR count). The highest BCUT2D eigenvalue weighted by atomic mass is 79.9. The van der Waals surface area contributed by atoms with Crippen LogP contribution in [0.1, 0.15) is 11.1 Å². The number of benzene rings is 2. The molecular formula is C14H10Br2N2O. The molecule has 0 amide bonds. The van der Waals surface area contributed by atoms with Gasteiger partial charge in [-0.05, 0) is 0 Å². The first-order valence-electron chi connectivity index (χ1n) is 5.72. The molecule has 2 aromatic carbocycles. The summed E-state index contributed by atoms with van der Waals surface area (Å²) in [7, 11) is 0. The van der Waals surface area contributed by atoms with Gasteiger partial charge in [0.1, 0.15) is 5.70 Å². The summed E-state index contributed by atoms with van der Waals surface area (Å²) in [6, 6.07) is 20.1. The van der Waals surface area contributed by atoms with E-state index in [0.29, 0.717) is 0 Å². The molecule has 0 radical (unpaired) electrons. The minimum Gasteiger partial charge on any atom is -0.371 e. The van der Waals surface area contributed by atoms with Gasteiger partial charge in [0.25, 0.3) is 0 Å². The Kier molecular flexibility index (Phi) is 3.59. The van der Waals surface area contributed by atoms with E-state index in [1.54, 1.807) is 4.03 Å². The SMILES string of the molecule is BrN1OC(c2ccccc2)=C(c2ccccc2)N1Br. The third-order valence-electron chi connectivity index (χ3n) is 2.79. The predicted molar refractivity (Wildman–Crippen MR) is 82.3 cm³/mol. The number of hydrogen-bond donors (Lipinski definition) is 0. The third-order valence-corrected chi connectivity index (χ3v) is 4.32. The molecule has 0 aromatic heterocycles. The topological polar surface area (TPSA) is 15.7 Å². The second-order valence-corrected chi connectivity index (χ2v) is 5.27. The fourth-order valence-electron chi connectivity index (χ4n) is 1.93. The van der Waals surface area contributed by atoms with Gasteiger partial charge in [0.2, 0.25) is 0 Å². The number of halogens is 2. The maximum Gasteiger partial charge on any atom is 0.184 e. The maximum atomic E-state index is 5.74. The number of rotatable bonds is 2. The van der Waals surface area contributed by atoms with Crippen molar-refractivity contribution in [2.24, 2.45) is 0 Å². The van der Waals surface area contributed by atoms with Crippen LogP contribution in [0, 0.1) is 0 Å². The first-order valence-corrected chi connectivity index (χ1v) is 7.14. The van der Waals surface area contributed by atoms with Crippen LogP contribution in [0.3, 0.4) is 0 Å². The average molecular weight is 382 g/mol. The Morgan fingerprint density at radius 1 is 0.737 bits per heavy atom. The van der Waals surface area contributed by atoms with Crippen LogP contribution in [0.15, 0.2) is 60.7 Å². The summed E-state index contributed by atoms with van der Waals surface area (Å²) in [6.45, 7) is 0. The molecule has 0 N–H and O–H groups in total. The molecule has 0 atom stereocenters. The van der Waals surface area contributed by atoms with E-state index in [4.69, 9.17) is 4.84 Å². The van der Waals surface area contributed by atoms with E-state index >= 15 is 0 Å². The minimum absolute atomic E-state index is 0.792. The van der Waals surface area contributed by atoms with E-state index in [1.165, 1.54) is 4.20 Å². The van der Waals surface area contributed by atoms with E-state index in [0.717, 1.165) is 22.6 Å². The number of nitrogens with zero attached hydrogens (tertiary/aromatic N) is 2. The highest BCUT2D eigenvalue weighted by molar-refractivity contribution is 9.09. The van der Waals surface area contributed by atoms with Gasteiger partial charge in [-0.2, -0.15) is 4.03 Å². The first-order chi connectivity index (χ1) is 9.27. The summed E-state index contributed by atoms with van der Waals surface area (Å²) >= 11 is 6.80. The van der Waals surface area contributed by atoms with Gasteiger partial charge in [0.05, 0.1) is 32.3 Å². The molecule has 0 spiro atoms. The smallest absolute Gasteiger partial charge is 0.184 e. The predicted octanol–water partition coefficient (Wildman–Crippen LogP) is 4.60. The van der Waals surface area contributed by atoms with Crippen molar-refractivity contribution in [1.82, 2.24) is 8.23 Å². The average Bonchev–Trinajstić information content (AvgIpc) is 2.77. The molecule has 1 aliphatic heterocycles.